The molecule has 112 valence electrons. The highest BCUT2D eigenvalue weighted by Gasteiger charge is 2.33. The number of carbonyl (C=O) groups excluding carboxylic acids is 1. The fourth-order valence-corrected chi connectivity index (χ4v) is 2.67. The third-order valence-corrected chi connectivity index (χ3v) is 4.29. The maximum atomic E-state index is 11.7. The molecule has 1 heterocycles. The second-order valence-electron chi connectivity index (χ2n) is 7.25. The minimum Gasteiger partial charge on any atom is -0.368 e. The van der Waals surface area contributed by atoms with Gasteiger partial charge in [0.05, 0.1) is 5.54 Å². The van der Waals surface area contributed by atoms with Crippen molar-refractivity contribution in [3.05, 3.63) is 0 Å². The molecule has 0 radical (unpaired) electrons. The first-order valence-corrected chi connectivity index (χ1v) is 7.45. The van der Waals surface area contributed by atoms with E-state index in [1.54, 1.807) is 0 Å². The second kappa shape index (κ2) is 6.23. The Morgan fingerprint density at radius 2 is 1.89 bits per heavy atom. The zero-order valence-electron chi connectivity index (χ0n) is 13.3. The number of nitrogens with zero attached hydrogens (tertiary/aromatic N) is 1. The molecule has 1 fully saturated rings. The first-order chi connectivity index (χ1) is 8.65. The molecule has 0 spiro atoms. The van der Waals surface area contributed by atoms with E-state index < -0.39 is 5.54 Å². The molecule has 0 aromatic heterocycles. The highest BCUT2D eigenvalue weighted by molar-refractivity contribution is 5.84. The van der Waals surface area contributed by atoms with Gasteiger partial charge in [0.25, 0.3) is 0 Å². The zero-order chi connectivity index (χ0) is 14.7. The lowest BCUT2D eigenvalue weighted by Crippen LogP contribution is -2.57. The highest BCUT2D eigenvalue weighted by atomic mass is 16.1. The van der Waals surface area contributed by atoms with E-state index in [1.165, 1.54) is 12.8 Å². The van der Waals surface area contributed by atoms with Crippen molar-refractivity contribution in [2.24, 2.45) is 11.1 Å². The van der Waals surface area contributed by atoms with Crippen LogP contribution in [0, 0.1) is 5.41 Å². The van der Waals surface area contributed by atoms with Crippen LogP contribution >= 0.6 is 0 Å². The van der Waals surface area contributed by atoms with Crippen molar-refractivity contribution in [1.29, 1.82) is 0 Å². The van der Waals surface area contributed by atoms with Crippen LogP contribution in [0.25, 0.3) is 0 Å². The molecule has 1 amide bonds. The maximum Gasteiger partial charge on any atom is 0.237 e. The molecule has 4 nitrogen and oxygen atoms in total. The van der Waals surface area contributed by atoms with Crippen LogP contribution in [0.5, 0.6) is 0 Å². The van der Waals surface area contributed by atoms with E-state index >= 15 is 0 Å². The minimum absolute atomic E-state index is 0.251. The first-order valence-electron chi connectivity index (χ1n) is 7.45. The van der Waals surface area contributed by atoms with Gasteiger partial charge in [-0.1, -0.05) is 13.8 Å². The fourth-order valence-electron chi connectivity index (χ4n) is 2.67. The predicted molar refractivity (Wildman–Crippen MR) is 79.9 cm³/mol. The van der Waals surface area contributed by atoms with Crippen molar-refractivity contribution >= 4 is 5.91 Å². The summed E-state index contributed by atoms with van der Waals surface area (Å²) < 4.78 is 0. The van der Waals surface area contributed by atoms with Gasteiger partial charge in [-0.25, -0.2) is 0 Å². The lowest BCUT2D eigenvalue weighted by Gasteiger charge is -2.39. The number of amides is 1. The Labute approximate surface area is 118 Å². The van der Waals surface area contributed by atoms with Crippen molar-refractivity contribution in [1.82, 2.24) is 10.2 Å². The molecule has 0 aromatic carbocycles. The number of likely N-dealkylation sites (tertiary alicyclic amines) is 1. The Morgan fingerprint density at radius 1 is 1.37 bits per heavy atom. The molecule has 1 unspecified atom stereocenters. The molecule has 19 heavy (non-hydrogen) atoms. The summed E-state index contributed by atoms with van der Waals surface area (Å²) in [5, 5.41) is 3.31. The van der Waals surface area contributed by atoms with Crippen LogP contribution in [0.15, 0.2) is 0 Å². The third-order valence-electron chi connectivity index (χ3n) is 4.29. The van der Waals surface area contributed by atoms with E-state index in [2.05, 4.69) is 24.1 Å². The summed E-state index contributed by atoms with van der Waals surface area (Å²) in [6, 6.07) is 0.262. The molecular weight excluding hydrogens is 238 g/mol. The number of primary amides is 1. The third kappa shape index (κ3) is 5.11. The van der Waals surface area contributed by atoms with Crippen molar-refractivity contribution in [3.8, 4) is 0 Å². The van der Waals surface area contributed by atoms with E-state index in [0.29, 0.717) is 5.41 Å². The van der Waals surface area contributed by atoms with Gasteiger partial charge in [0.2, 0.25) is 5.91 Å². The predicted octanol–water partition coefficient (Wildman–Crippen LogP) is 1.74. The molecule has 1 atom stereocenters. The van der Waals surface area contributed by atoms with Gasteiger partial charge < -0.3 is 16.0 Å². The Bertz CT molecular complexity index is 305. The summed E-state index contributed by atoms with van der Waals surface area (Å²) in [6.45, 7) is 13.9. The molecule has 4 heteroatoms. The van der Waals surface area contributed by atoms with E-state index in [0.717, 1.165) is 26.1 Å². The van der Waals surface area contributed by atoms with Crippen LogP contribution in [0.4, 0.5) is 0 Å². The number of nitrogens with one attached hydrogen (secondary N) is 1. The van der Waals surface area contributed by atoms with Gasteiger partial charge in [0, 0.05) is 12.6 Å². The molecule has 1 rings (SSSR count). The number of carbonyl (C=O) groups is 1. The molecule has 1 aliphatic rings. The maximum absolute atomic E-state index is 11.7. The average Bonchev–Trinajstić information content (AvgIpc) is 2.26. The van der Waals surface area contributed by atoms with E-state index in [1.807, 2.05) is 20.8 Å². The lowest BCUT2D eigenvalue weighted by atomic mass is 9.82. The normalized spacial score (nSPS) is 23.3. The number of rotatable bonds is 6. The van der Waals surface area contributed by atoms with E-state index in [-0.39, 0.29) is 11.9 Å². The van der Waals surface area contributed by atoms with Crippen molar-refractivity contribution in [2.45, 2.75) is 65.5 Å². The highest BCUT2D eigenvalue weighted by Crippen LogP contribution is 2.30. The summed E-state index contributed by atoms with van der Waals surface area (Å²) in [7, 11) is 0. The van der Waals surface area contributed by atoms with Crippen molar-refractivity contribution < 1.29 is 4.79 Å². The van der Waals surface area contributed by atoms with Crippen molar-refractivity contribution in [3.63, 3.8) is 0 Å². The standard InChI is InChI=1S/C15H31N3O/c1-12(2)17-15(5,13(16)19)8-11-18-9-6-14(3,4)7-10-18/h12,17H,6-11H2,1-5H3,(H2,16,19). The van der Waals surface area contributed by atoms with Crippen LogP contribution in [0.3, 0.4) is 0 Å². The number of hydrogen-bond donors (Lipinski definition) is 2. The monoisotopic (exact) mass is 269 g/mol. The number of hydrogen-bond acceptors (Lipinski definition) is 3. The first kappa shape index (κ1) is 16.4. The molecule has 0 bridgehead atoms. The zero-order valence-corrected chi connectivity index (χ0v) is 13.3. The smallest absolute Gasteiger partial charge is 0.237 e. The summed E-state index contributed by atoms with van der Waals surface area (Å²) in [4.78, 5) is 14.1. The fraction of sp³-hybridized carbons (Fsp3) is 0.933. The lowest BCUT2D eigenvalue weighted by molar-refractivity contribution is -0.124. The van der Waals surface area contributed by atoms with Gasteiger partial charge >= 0.3 is 0 Å². The molecule has 0 aliphatic carbocycles. The summed E-state index contributed by atoms with van der Waals surface area (Å²) in [5.74, 6) is -0.251. The second-order valence-corrected chi connectivity index (χ2v) is 7.25. The molecule has 0 saturated carbocycles. The van der Waals surface area contributed by atoms with Crippen LogP contribution in [-0.4, -0.2) is 42.0 Å². The van der Waals surface area contributed by atoms with Crippen molar-refractivity contribution in [2.75, 3.05) is 19.6 Å². The van der Waals surface area contributed by atoms with Crippen LogP contribution in [-0.2, 0) is 4.79 Å². The summed E-state index contributed by atoms with van der Waals surface area (Å²) in [6.07, 6.45) is 3.25. The summed E-state index contributed by atoms with van der Waals surface area (Å²) in [5.41, 5.74) is 5.43. The van der Waals surface area contributed by atoms with Gasteiger partial charge in [0.15, 0.2) is 0 Å². The molecular formula is C15H31N3O. The molecule has 1 aliphatic heterocycles. The number of piperidine rings is 1. The SMILES string of the molecule is CC(C)NC(C)(CCN1CCC(C)(C)CC1)C(N)=O. The Balaban J connectivity index is 2.47. The largest absolute Gasteiger partial charge is 0.368 e. The van der Waals surface area contributed by atoms with Gasteiger partial charge in [-0.3, -0.25) is 4.79 Å². The van der Waals surface area contributed by atoms with Gasteiger partial charge in [-0.05, 0) is 58.5 Å². The Hall–Kier alpha value is -0.610. The van der Waals surface area contributed by atoms with E-state index in [4.69, 9.17) is 5.73 Å². The topological polar surface area (TPSA) is 58.4 Å². The summed E-state index contributed by atoms with van der Waals surface area (Å²) >= 11 is 0. The van der Waals surface area contributed by atoms with Gasteiger partial charge in [0.1, 0.15) is 0 Å². The average molecular weight is 269 g/mol. The molecule has 1 saturated heterocycles. The quantitative estimate of drug-likeness (QED) is 0.772. The number of nitrogens with two attached hydrogens (primary N) is 1. The van der Waals surface area contributed by atoms with Crippen LogP contribution < -0.4 is 11.1 Å². The Morgan fingerprint density at radius 3 is 2.32 bits per heavy atom. The van der Waals surface area contributed by atoms with Gasteiger partial charge in [-0.15, -0.1) is 0 Å². The molecule has 3 N–H and O–H groups in total. The van der Waals surface area contributed by atoms with Crippen LogP contribution in [0.1, 0.15) is 53.9 Å². The van der Waals surface area contributed by atoms with Crippen LogP contribution in [0.2, 0.25) is 0 Å². The Kier molecular flexibility index (Phi) is 5.39. The molecule has 0 aromatic rings. The van der Waals surface area contributed by atoms with E-state index in [9.17, 15) is 4.79 Å². The van der Waals surface area contributed by atoms with Gasteiger partial charge in [-0.2, -0.15) is 0 Å². The minimum atomic E-state index is -0.596.